The lowest BCUT2D eigenvalue weighted by molar-refractivity contribution is 0.314. The zero-order valence-corrected chi connectivity index (χ0v) is 11.0. The molecule has 0 aliphatic rings. The molecule has 0 amide bonds. The van der Waals surface area contributed by atoms with Crippen LogP contribution in [0.2, 0.25) is 0 Å². The third-order valence-electron chi connectivity index (χ3n) is 2.97. The molecule has 0 radical (unpaired) electrons. The summed E-state index contributed by atoms with van der Waals surface area (Å²) in [6, 6.07) is 6.49. The van der Waals surface area contributed by atoms with Gasteiger partial charge < -0.3 is 10.5 Å². The number of aryl methyl sites for hydroxylation is 1. The van der Waals surface area contributed by atoms with Crippen LogP contribution < -0.4 is 10.5 Å². The molecule has 1 heterocycles. The van der Waals surface area contributed by atoms with Gasteiger partial charge in [-0.3, -0.25) is 4.68 Å². The van der Waals surface area contributed by atoms with Gasteiger partial charge in [-0.15, -0.1) is 0 Å². The van der Waals surface area contributed by atoms with E-state index in [2.05, 4.69) is 5.10 Å². The first kappa shape index (κ1) is 13.5. The fraction of sp³-hybridized carbons (Fsp3) is 0.357. The Morgan fingerprint density at radius 1 is 1.32 bits per heavy atom. The van der Waals surface area contributed by atoms with Gasteiger partial charge in [0.05, 0.1) is 6.61 Å². The highest BCUT2D eigenvalue weighted by molar-refractivity contribution is 5.34. The number of nitrogens with two attached hydrogens (primary N) is 1. The minimum absolute atomic E-state index is 0.262. The minimum atomic E-state index is -0.262. The van der Waals surface area contributed by atoms with E-state index >= 15 is 0 Å². The van der Waals surface area contributed by atoms with E-state index < -0.39 is 0 Å². The Balaban J connectivity index is 1.97. The van der Waals surface area contributed by atoms with Crippen LogP contribution in [0.4, 0.5) is 4.39 Å². The van der Waals surface area contributed by atoms with Gasteiger partial charge in [-0.2, -0.15) is 5.10 Å². The van der Waals surface area contributed by atoms with Crippen LogP contribution in [-0.4, -0.2) is 22.9 Å². The zero-order valence-electron chi connectivity index (χ0n) is 11.0. The quantitative estimate of drug-likeness (QED) is 0.862. The molecule has 1 aromatic heterocycles. The normalized spacial score (nSPS) is 10.7. The van der Waals surface area contributed by atoms with Crippen molar-refractivity contribution in [3.63, 3.8) is 0 Å². The van der Waals surface area contributed by atoms with Gasteiger partial charge >= 0.3 is 0 Å². The van der Waals surface area contributed by atoms with E-state index in [-0.39, 0.29) is 5.82 Å². The Morgan fingerprint density at radius 3 is 2.84 bits per heavy atom. The van der Waals surface area contributed by atoms with E-state index in [1.54, 1.807) is 12.3 Å². The lowest BCUT2D eigenvalue weighted by Gasteiger charge is -2.11. The van der Waals surface area contributed by atoms with Crippen molar-refractivity contribution < 1.29 is 9.13 Å². The summed E-state index contributed by atoms with van der Waals surface area (Å²) in [6.07, 6.45) is 3.13. The van der Waals surface area contributed by atoms with E-state index in [1.165, 1.54) is 12.1 Å². The predicted octanol–water partition coefficient (Wildman–Crippen LogP) is 1.68. The van der Waals surface area contributed by atoms with E-state index in [0.29, 0.717) is 25.3 Å². The highest BCUT2D eigenvalue weighted by atomic mass is 19.1. The summed E-state index contributed by atoms with van der Waals surface area (Å²) in [4.78, 5) is 0. The van der Waals surface area contributed by atoms with Crippen molar-refractivity contribution in [2.45, 2.75) is 12.8 Å². The van der Waals surface area contributed by atoms with E-state index in [0.717, 1.165) is 17.7 Å². The molecule has 1 aromatic carbocycles. The van der Waals surface area contributed by atoms with Crippen LogP contribution >= 0.6 is 0 Å². The predicted molar refractivity (Wildman–Crippen MR) is 71.6 cm³/mol. The minimum Gasteiger partial charge on any atom is -0.493 e. The Labute approximate surface area is 112 Å². The maximum atomic E-state index is 13.2. The Bertz CT molecular complexity index is 539. The van der Waals surface area contributed by atoms with Gasteiger partial charge in [-0.25, -0.2) is 4.39 Å². The highest BCUT2D eigenvalue weighted by Gasteiger charge is 2.06. The molecule has 0 unspecified atom stereocenters. The molecule has 5 heteroatoms. The zero-order chi connectivity index (χ0) is 13.7. The van der Waals surface area contributed by atoms with Crippen molar-refractivity contribution in [3.05, 3.63) is 47.5 Å². The van der Waals surface area contributed by atoms with Crippen molar-refractivity contribution in [1.82, 2.24) is 9.78 Å². The molecule has 0 aliphatic heterocycles. The van der Waals surface area contributed by atoms with Gasteiger partial charge in [0.15, 0.2) is 0 Å². The maximum absolute atomic E-state index is 13.2. The molecule has 0 saturated heterocycles. The van der Waals surface area contributed by atoms with Crippen LogP contribution in [0.1, 0.15) is 11.3 Å². The maximum Gasteiger partial charge on any atom is 0.123 e. The Hall–Kier alpha value is -1.88. The molecule has 19 heavy (non-hydrogen) atoms. The van der Waals surface area contributed by atoms with Gasteiger partial charge in [0.25, 0.3) is 0 Å². The van der Waals surface area contributed by atoms with Crippen LogP contribution in [0.25, 0.3) is 0 Å². The van der Waals surface area contributed by atoms with Crippen molar-refractivity contribution in [3.8, 4) is 5.75 Å². The van der Waals surface area contributed by atoms with E-state index in [9.17, 15) is 4.39 Å². The smallest absolute Gasteiger partial charge is 0.123 e. The molecule has 2 aromatic rings. The average Bonchev–Trinajstić information content (AvgIpc) is 2.78. The summed E-state index contributed by atoms with van der Waals surface area (Å²) in [6.45, 7) is 1.00. The van der Waals surface area contributed by atoms with Crippen molar-refractivity contribution in [1.29, 1.82) is 0 Å². The Kier molecular flexibility index (Phi) is 4.52. The number of aromatic nitrogens is 2. The molecule has 0 aliphatic carbocycles. The van der Waals surface area contributed by atoms with Crippen LogP contribution in [0, 0.1) is 5.82 Å². The first-order valence-electron chi connectivity index (χ1n) is 6.29. The molecule has 0 fully saturated rings. The number of ether oxygens (including phenoxy) is 1. The molecule has 4 nitrogen and oxygen atoms in total. The highest BCUT2D eigenvalue weighted by Crippen LogP contribution is 2.20. The van der Waals surface area contributed by atoms with E-state index in [1.807, 2.05) is 17.8 Å². The third kappa shape index (κ3) is 3.54. The van der Waals surface area contributed by atoms with Crippen LogP contribution in [0.15, 0.2) is 30.5 Å². The summed E-state index contributed by atoms with van der Waals surface area (Å²) in [5, 5.41) is 4.10. The number of halogens is 1. The first-order chi connectivity index (χ1) is 9.20. The second-order valence-electron chi connectivity index (χ2n) is 4.34. The molecule has 2 N–H and O–H groups in total. The number of rotatable bonds is 6. The first-order valence-corrected chi connectivity index (χ1v) is 6.29. The van der Waals surface area contributed by atoms with Gasteiger partial charge in [0, 0.05) is 25.4 Å². The van der Waals surface area contributed by atoms with Gasteiger partial charge in [0.2, 0.25) is 0 Å². The molecule has 2 rings (SSSR count). The molecule has 0 saturated carbocycles. The Morgan fingerprint density at radius 2 is 2.16 bits per heavy atom. The summed E-state index contributed by atoms with van der Waals surface area (Å²) >= 11 is 0. The summed E-state index contributed by atoms with van der Waals surface area (Å²) < 4.78 is 20.7. The monoisotopic (exact) mass is 263 g/mol. The van der Waals surface area contributed by atoms with Crippen LogP contribution in [0.5, 0.6) is 5.75 Å². The second-order valence-corrected chi connectivity index (χ2v) is 4.34. The second kappa shape index (κ2) is 6.33. The fourth-order valence-electron chi connectivity index (χ4n) is 1.95. The molecule has 102 valence electrons. The summed E-state index contributed by atoms with van der Waals surface area (Å²) in [7, 11) is 1.90. The molecule has 0 spiro atoms. The lowest BCUT2D eigenvalue weighted by Crippen LogP contribution is -2.09. The summed E-state index contributed by atoms with van der Waals surface area (Å²) in [5.41, 5.74) is 7.43. The fourth-order valence-corrected chi connectivity index (χ4v) is 1.95. The van der Waals surface area contributed by atoms with Gasteiger partial charge in [-0.05, 0) is 42.8 Å². The molecule has 0 atom stereocenters. The SMILES string of the molecule is Cn1nccc1CCOc1ccc(F)cc1CCN. The van der Waals surface area contributed by atoms with Crippen molar-refractivity contribution in [2.24, 2.45) is 12.8 Å². The number of nitrogens with zero attached hydrogens (tertiary/aromatic N) is 2. The van der Waals surface area contributed by atoms with Gasteiger partial charge in [0.1, 0.15) is 11.6 Å². The molecular formula is C14H18FN3O. The van der Waals surface area contributed by atoms with Crippen LogP contribution in [-0.2, 0) is 19.9 Å². The number of benzene rings is 1. The van der Waals surface area contributed by atoms with Crippen LogP contribution in [0.3, 0.4) is 0 Å². The third-order valence-corrected chi connectivity index (χ3v) is 2.97. The van der Waals surface area contributed by atoms with Crippen molar-refractivity contribution >= 4 is 0 Å². The summed E-state index contributed by atoms with van der Waals surface area (Å²) in [5.74, 6) is 0.441. The average molecular weight is 263 g/mol. The topological polar surface area (TPSA) is 53.1 Å². The molecule has 0 bridgehead atoms. The molecular weight excluding hydrogens is 245 g/mol. The number of hydrogen-bond donors (Lipinski definition) is 1. The largest absolute Gasteiger partial charge is 0.493 e. The standard InChI is InChI=1S/C14H18FN3O/c1-18-13(5-8-17-18)6-9-19-14-3-2-12(15)10-11(14)4-7-16/h2-3,5,8,10H,4,6-7,9,16H2,1H3. The lowest BCUT2D eigenvalue weighted by atomic mass is 10.1. The van der Waals surface area contributed by atoms with E-state index in [4.69, 9.17) is 10.5 Å². The number of hydrogen-bond acceptors (Lipinski definition) is 3. The van der Waals surface area contributed by atoms with Crippen molar-refractivity contribution in [2.75, 3.05) is 13.2 Å². The van der Waals surface area contributed by atoms with Gasteiger partial charge in [-0.1, -0.05) is 0 Å².